The molecule has 24 heavy (non-hydrogen) atoms. The summed E-state index contributed by atoms with van der Waals surface area (Å²) in [7, 11) is 0. The number of hydrogen-bond donors (Lipinski definition) is 0. The highest BCUT2D eigenvalue weighted by Gasteiger charge is 2.13. The topological polar surface area (TPSA) is 39.1 Å². The van der Waals surface area contributed by atoms with Crippen LogP contribution in [-0.4, -0.2) is 10.9 Å². The van der Waals surface area contributed by atoms with Gasteiger partial charge in [0.1, 0.15) is 12.1 Å². The minimum absolute atomic E-state index is 0.159. The lowest BCUT2D eigenvalue weighted by Gasteiger charge is -2.15. The van der Waals surface area contributed by atoms with Crippen molar-refractivity contribution in [3.63, 3.8) is 0 Å². The maximum atomic E-state index is 14.6. The molecule has 0 bridgehead atoms. The zero-order valence-corrected chi connectivity index (χ0v) is 13.7. The van der Waals surface area contributed by atoms with E-state index in [1.54, 1.807) is 36.4 Å². The van der Waals surface area contributed by atoms with Crippen LogP contribution in [0.2, 0.25) is 0 Å². The number of hydrogen-bond acceptors (Lipinski definition) is 2. The zero-order chi connectivity index (χ0) is 17.3. The highest BCUT2D eigenvalue weighted by Crippen LogP contribution is 2.27. The van der Waals surface area contributed by atoms with E-state index in [2.05, 4.69) is 0 Å². The molecule has 0 aliphatic carbocycles. The van der Waals surface area contributed by atoms with Gasteiger partial charge in [0.05, 0.1) is 5.52 Å². The SMILES string of the molecule is CCc1cc(=O)c2cc(F)c(-c3ccc(C=O)cc3)cc2n1CC. The van der Waals surface area contributed by atoms with E-state index in [4.69, 9.17) is 0 Å². The molecule has 4 heteroatoms. The summed E-state index contributed by atoms with van der Waals surface area (Å²) in [6, 6.07) is 11.4. The molecular formula is C20H18FNO2. The maximum Gasteiger partial charge on any atom is 0.189 e. The number of carbonyl (C=O) groups excluding carboxylic acids is 1. The van der Waals surface area contributed by atoms with Crippen LogP contribution in [0.25, 0.3) is 22.0 Å². The number of aromatic nitrogens is 1. The van der Waals surface area contributed by atoms with Gasteiger partial charge in [0.25, 0.3) is 0 Å². The average molecular weight is 323 g/mol. The molecule has 3 rings (SSSR count). The van der Waals surface area contributed by atoms with Crippen LogP contribution in [0.3, 0.4) is 0 Å². The van der Waals surface area contributed by atoms with Crippen molar-refractivity contribution in [1.29, 1.82) is 0 Å². The van der Waals surface area contributed by atoms with Gasteiger partial charge in [-0.3, -0.25) is 9.59 Å². The molecule has 0 radical (unpaired) electrons. The Hall–Kier alpha value is -2.75. The molecule has 0 fully saturated rings. The Balaban J connectivity index is 2.31. The molecule has 0 N–H and O–H groups in total. The van der Waals surface area contributed by atoms with Gasteiger partial charge in [-0.05, 0) is 31.0 Å². The van der Waals surface area contributed by atoms with Crippen LogP contribution in [0.1, 0.15) is 29.9 Å². The van der Waals surface area contributed by atoms with E-state index in [9.17, 15) is 14.0 Å². The number of benzene rings is 2. The van der Waals surface area contributed by atoms with Gasteiger partial charge in [-0.1, -0.05) is 31.2 Å². The summed E-state index contributed by atoms with van der Waals surface area (Å²) in [6.45, 7) is 4.70. The molecule has 1 heterocycles. The molecule has 2 aromatic carbocycles. The fourth-order valence-corrected chi connectivity index (χ4v) is 3.07. The lowest BCUT2D eigenvalue weighted by molar-refractivity contribution is 0.112. The van der Waals surface area contributed by atoms with Gasteiger partial charge < -0.3 is 4.57 Å². The van der Waals surface area contributed by atoms with Crippen LogP contribution in [0.5, 0.6) is 0 Å². The Labute approximate surface area is 139 Å². The maximum absolute atomic E-state index is 14.6. The average Bonchev–Trinajstić information content (AvgIpc) is 2.61. The molecule has 0 unspecified atom stereocenters. The molecule has 3 aromatic rings. The molecule has 0 aliphatic rings. The van der Waals surface area contributed by atoms with Crippen molar-refractivity contribution < 1.29 is 9.18 Å². The normalized spacial score (nSPS) is 11.0. The van der Waals surface area contributed by atoms with Crippen LogP contribution in [-0.2, 0) is 13.0 Å². The Bertz CT molecular complexity index is 972. The van der Waals surface area contributed by atoms with E-state index in [0.29, 0.717) is 28.6 Å². The van der Waals surface area contributed by atoms with Gasteiger partial charge in [0.2, 0.25) is 0 Å². The lowest BCUT2D eigenvalue weighted by Crippen LogP contribution is -2.13. The molecule has 122 valence electrons. The highest BCUT2D eigenvalue weighted by atomic mass is 19.1. The van der Waals surface area contributed by atoms with Gasteiger partial charge in [0, 0.05) is 34.8 Å². The smallest absolute Gasteiger partial charge is 0.189 e. The summed E-state index contributed by atoms with van der Waals surface area (Å²) in [4.78, 5) is 23.1. The first-order valence-electron chi connectivity index (χ1n) is 8.00. The van der Waals surface area contributed by atoms with E-state index >= 15 is 0 Å². The molecule has 0 saturated heterocycles. The van der Waals surface area contributed by atoms with Crippen molar-refractivity contribution in [3.05, 3.63) is 69.8 Å². The van der Waals surface area contributed by atoms with E-state index in [0.717, 1.165) is 23.9 Å². The van der Waals surface area contributed by atoms with Gasteiger partial charge in [-0.25, -0.2) is 4.39 Å². The second-order valence-electron chi connectivity index (χ2n) is 5.69. The largest absolute Gasteiger partial charge is 0.345 e. The second kappa shape index (κ2) is 6.40. The summed E-state index contributed by atoms with van der Waals surface area (Å²) in [5.74, 6) is -0.439. The van der Waals surface area contributed by atoms with Gasteiger partial charge >= 0.3 is 0 Å². The second-order valence-corrected chi connectivity index (χ2v) is 5.69. The van der Waals surface area contributed by atoms with Crippen molar-refractivity contribution in [1.82, 2.24) is 4.57 Å². The minimum Gasteiger partial charge on any atom is -0.345 e. The third-order valence-electron chi connectivity index (χ3n) is 4.32. The van der Waals surface area contributed by atoms with E-state index in [1.807, 2.05) is 18.4 Å². The summed E-state index contributed by atoms with van der Waals surface area (Å²) in [5.41, 5.74) is 3.15. The predicted octanol–water partition coefficient (Wildman–Crippen LogP) is 4.20. The predicted molar refractivity (Wildman–Crippen MR) is 94.0 cm³/mol. The summed E-state index contributed by atoms with van der Waals surface area (Å²) < 4.78 is 16.6. The van der Waals surface area contributed by atoms with Crippen LogP contribution < -0.4 is 5.43 Å². The fourth-order valence-electron chi connectivity index (χ4n) is 3.07. The number of nitrogens with zero attached hydrogens (tertiary/aromatic N) is 1. The number of fused-ring (bicyclic) bond motifs is 1. The van der Waals surface area contributed by atoms with Crippen molar-refractivity contribution in [2.24, 2.45) is 0 Å². The Kier molecular flexibility index (Phi) is 4.30. The summed E-state index contributed by atoms with van der Waals surface area (Å²) >= 11 is 0. The van der Waals surface area contributed by atoms with Crippen molar-refractivity contribution in [2.75, 3.05) is 0 Å². The third kappa shape index (κ3) is 2.64. The summed E-state index contributed by atoms with van der Waals surface area (Å²) in [6.07, 6.45) is 1.49. The van der Waals surface area contributed by atoms with Crippen LogP contribution in [0.15, 0.2) is 47.3 Å². The van der Waals surface area contributed by atoms with Gasteiger partial charge in [-0.2, -0.15) is 0 Å². The van der Waals surface area contributed by atoms with Crippen molar-refractivity contribution >= 4 is 17.2 Å². The van der Waals surface area contributed by atoms with Crippen molar-refractivity contribution in [2.45, 2.75) is 26.8 Å². The fraction of sp³-hybridized carbons (Fsp3) is 0.200. The zero-order valence-electron chi connectivity index (χ0n) is 13.7. The number of aryl methyl sites for hydroxylation is 2. The van der Waals surface area contributed by atoms with E-state index < -0.39 is 5.82 Å². The number of halogens is 1. The molecule has 3 nitrogen and oxygen atoms in total. The molecule has 0 aliphatic heterocycles. The number of aldehydes is 1. The quantitative estimate of drug-likeness (QED) is 0.675. The molecule has 0 atom stereocenters. The monoisotopic (exact) mass is 323 g/mol. The van der Waals surface area contributed by atoms with Crippen LogP contribution in [0, 0.1) is 5.82 Å². The third-order valence-corrected chi connectivity index (χ3v) is 4.32. The van der Waals surface area contributed by atoms with Gasteiger partial charge in [-0.15, -0.1) is 0 Å². The number of rotatable bonds is 4. The molecule has 1 aromatic heterocycles. The van der Waals surface area contributed by atoms with Gasteiger partial charge in [0.15, 0.2) is 5.43 Å². The molecule has 0 saturated carbocycles. The highest BCUT2D eigenvalue weighted by molar-refractivity contribution is 5.86. The first kappa shape index (κ1) is 16.1. The first-order chi connectivity index (χ1) is 11.6. The molecule has 0 amide bonds. The Morgan fingerprint density at radius 1 is 1.08 bits per heavy atom. The van der Waals surface area contributed by atoms with E-state index in [-0.39, 0.29) is 5.43 Å². The summed E-state index contributed by atoms with van der Waals surface area (Å²) in [5, 5.41) is 0.389. The minimum atomic E-state index is -0.439. The number of pyridine rings is 1. The van der Waals surface area contributed by atoms with E-state index in [1.165, 1.54) is 6.07 Å². The van der Waals surface area contributed by atoms with Crippen LogP contribution >= 0.6 is 0 Å². The Morgan fingerprint density at radius 2 is 1.79 bits per heavy atom. The first-order valence-corrected chi connectivity index (χ1v) is 8.00. The number of carbonyl (C=O) groups is 1. The standard InChI is InChI=1S/C20H18FNO2/c1-3-15-9-20(24)17-10-18(21)16(11-19(17)22(15)4-2)14-7-5-13(12-23)6-8-14/h5-12H,3-4H2,1-2H3. The van der Waals surface area contributed by atoms with Crippen LogP contribution in [0.4, 0.5) is 4.39 Å². The van der Waals surface area contributed by atoms with Crippen molar-refractivity contribution in [3.8, 4) is 11.1 Å². The molecule has 0 spiro atoms. The Morgan fingerprint density at radius 3 is 2.38 bits per heavy atom. The molecular weight excluding hydrogens is 305 g/mol. The lowest BCUT2D eigenvalue weighted by atomic mass is 10.0.